The highest BCUT2D eigenvalue weighted by Gasteiger charge is 2.36. The first-order valence-electron chi connectivity index (χ1n) is 6.34. The predicted octanol–water partition coefficient (Wildman–Crippen LogP) is 3.72. The molecule has 1 fully saturated rings. The number of hydrogen-bond acceptors (Lipinski definition) is 3. The van der Waals surface area contributed by atoms with Gasteiger partial charge in [-0.1, -0.05) is 13.0 Å². The number of anilines is 1. The molecule has 1 aliphatic carbocycles. The lowest BCUT2D eigenvalue weighted by molar-refractivity contribution is 0.467. The van der Waals surface area contributed by atoms with E-state index in [2.05, 4.69) is 18.3 Å². The van der Waals surface area contributed by atoms with Crippen molar-refractivity contribution >= 4 is 5.69 Å². The number of aromatic hydroxyl groups is 1. The molecule has 0 bridgehead atoms. The summed E-state index contributed by atoms with van der Waals surface area (Å²) in [5.74, 6) is 3.71. The largest absolute Gasteiger partial charge is 0.508 e. The molecule has 94 valence electrons. The molecule has 2 atom stereocenters. The highest BCUT2D eigenvalue weighted by atomic mass is 16.3. The van der Waals surface area contributed by atoms with E-state index in [1.807, 2.05) is 18.2 Å². The topological polar surface area (TPSA) is 45.4 Å². The summed E-state index contributed by atoms with van der Waals surface area (Å²) in [7, 11) is 0. The van der Waals surface area contributed by atoms with Gasteiger partial charge in [0.25, 0.3) is 0 Å². The average molecular weight is 243 g/mol. The lowest BCUT2D eigenvalue weighted by atomic mass is 10.3. The fourth-order valence-corrected chi connectivity index (χ4v) is 2.21. The zero-order valence-electron chi connectivity index (χ0n) is 10.4. The Kier molecular flexibility index (Phi) is 2.74. The van der Waals surface area contributed by atoms with Gasteiger partial charge in [-0.15, -0.1) is 0 Å². The van der Waals surface area contributed by atoms with Gasteiger partial charge in [0.05, 0.1) is 6.54 Å². The van der Waals surface area contributed by atoms with Crippen molar-refractivity contribution in [2.75, 3.05) is 5.32 Å². The van der Waals surface area contributed by atoms with Gasteiger partial charge in [0, 0.05) is 17.7 Å². The van der Waals surface area contributed by atoms with Gasteiger partial charge in [0.2, 0.25) is 0 Å². The van der Waals surface area contributed by atoms with Gasteiger partial charge in [-0.05, 0) is 36.6 Å². The molecule has 2 N–H and O–H groups in total. The first-order chi connectivity index (χ1) is 8.72. The Morgan fingerprint density at radius 3 is 2.89 bits per heavy atom. The van der Waals surface area contributed by atoms with Crippen LogP contribution in [0.5, 0.6) is 5.75 Å². The number of phenolic OH excluding ortho intramolecular Hbond substituents is 1. The number of nitrogens with one attached hydrogen (secondary N) is 1. The Bertz CT molecular complexity index is 547. The molecule has 0 aliphatic heterocycles. The molecule has 1 heterocycles. The fraction of sp³-hybridized carbons (Fsp3) is 0.333. The first kappa shape index (κ1) is 11.2. The van der Waals surface area contributed by atoms with Crippen molar-refractivity contribution < 1.29 is 9.52 Å². The normalized spacial score (nSPS) is 21.8. The zero-order valence-corrected chi connectivity index (χ0v) is 10.4. The van der Waals surface area contributed by atoms with Crippen LogP contribution in [-0.2, 0) is 6.54 Å². The second kappa shape index (κ2) is 4.41. The van der Waals surface area contributed by atoms with Crippen LogP contribution in [0.1, 0.15) is 30.8 Å². The molecule has 18 heavy (non-hydrogen) atoms. The molecule has 1 aromatic heterocycles. The average Bonchev–Trinajstić information content (AvgIpc) is 2.91. The van der Waals surface area contributed by atoms with E-state index < -0.39 is 0 Å². The standard InChI is InChI=1S/C15H17NO2/c1-10-7-14(10)15-6-5-13(18-15)9-16-11-3-2-4-12(17)8-11/h2-6,8,10,14,16-17H,7,9H2,1H3. The Morgan fingerprint density at radius 1 is 1.33 bits per heavy atom. The third-order valence-electron chi connectivity index (χ3n) is 3.47. The number of benzene rings is 1. The highest BCUT2D eigenvalue weighted by Crippen LogP contribution is 2.47. The van der Waals surface area contributed by atoms with E-state index in [0.29, 0.717) is 12.5 Å². The van der Waals surface area contributed by atoms with Crippen LogP contribution in [0.2, 0.25) is 0 Å². The van der Waals surface area contributed by atoms with Crippen molar-refractivity contribution in [3.05, 3.63) is 47.9 Å². The molecule has 3 nitrogen and oxygen atoms in total. The summed E-state index contributed by atoms with van der Waals surface area (Å²) in [6.45, 7) is 2.89. The molecule has 0 saturated heterocycles. The highest BCUT2D eigenvalue weighted by molar-refractivity contribution is 5.47. The minimum absolute atomic E-state index is 0.270. The molecule has 2 unspecified atom stereocenters. The Hall–Kier alpha value is -1.90. The van der Waals surface area contributed by atoms with Crippen LogP contribution in [0, 0.1) is 5.92 Å². The summed E-state index contributed by atoms with van der Waals surface area (Å²) >= 11 is 0. The maximum atomic E-state index is 9.36. The molecule has 1 aromatic carbocycles. The van der Waals surface area contributed by atoms with Crippen LogP contribution >= 0.6 is 0 Å². The Labute approximate surface area is 106 Å². The first-order valence-corrected chi connectivity index (χ1v) is 6.34. The molecule has 3 rings (SSSR count). The Morgan fingerprint density at radius 2 is 2.17 bits per heavy atom. The molecule has 1 aliphatic rings. The van der Waals surface area contributed by atoms with Crippen molar-refractivity contribution in [1.82, 2.24) is 0 Å². The van der Waals surface area contributed by atoms with Gasteiger partial charge in [-0.2, -0.15) is 0 Å². The van der Waals surface area contributed by atoms with Gasteiger partial charge < -0.3 is 14.8 Å². The number of rotatable bonds is 4. The summed E-state index contributed by atoms with van der Waals surface area (Å²) < 4.78 is 5.80. The Balaban J connectivity index is 1.61. The van der Waals surface area contributed by atoms with Crippen LogP contribution in [0.25, 0.3) is 0 Å². The van der Waals surface area contributed by atoms with Crippen LogP contribution in [0.4, 0.5) is 5.69 Å². The SMILES string of the molecule is CC1CC1c1ccc(CNc2cccc(O)c2)o1. The third kappa shape index (κ3) is 2.35. The molecule has 0 amide bonds. The smallest absolute Gasteiger partial charge is 0.123 e. The molecule has 0 spiro atoms. The van der Waals surface area contributed by atoms with Crippen molar-refractivity contribution in [1.29, 1.82) is 0 Å². The van der Waals surface area contributed by atoms with Crippen molar-refractivity contribution in [2.24, 2.45) is 5.92 Å². The van der Waals surface area contributed by atoms with Gasteiger partial charge in [-0.25, -0.2) is 0 Å². The fourth-order valence-electron chi connectivity index (χ4n) is 2.21. The summed E-state index contributed by atoms with van der Waals surface area (Å²) in [6, 6.07) is 11.2. The van der Waals surface area contributed by atoms with E-state index in [9.17, 15) is 5.11 Å². The van der Waals surface area contributed by atoms with Crippen LogP contribution in [-0.4, -0.2) is 5.11 Å². The van der Waals surface area contributed by atoms with E-state index in [4.69, 9.17) is 4.42 Å². The maximum absolute atomic E-state index is 9.36. The molecule has 3 heteroatoms. The summed E-state index contributed by atoms with van der Waals surface area (Å²) in [5.41, 5.74) is 0.896. The summed E-state index contributed by atoms with van der Waals surface area (Å²) in [4.78, 5) is 0. The van der Waals surface area contributed by atoms with Crippen LogP contribution in [0.3, 0.4) is 0 Å². The van der Waals surface area contributed by atoms with E-state index in [1.165, 1.54) is 6.42 Å². The molecular formula is C15H17NO2. The van der Waals surface area contributed by atoms with Crippen molar-refractivity contribution in [3.63, 3.8) is 0 Å². The quantitative estimate of drug-likeness (QED) is 0.860. The molecule has 0 radical (unpaired) electrons. The molecular weight excluding hydrogens is 226 g/mol. The third-order valence-corrected chi connectivity index (χ3v) is 3.47. The lowest BCUT2D eigenvalue weighted by Crippen LogP contribution is -1.97. The minimum atomic E-state index is 0.270. The van der Waals surface area contributed by atoms with Crippen LogP contribution < -0.4 is 5.32 Å². The number of hydrogen-bond donors (Lipinski definition) is 2. The maximum Gasteiger partial charge on any atom is 0.123 e. The minimum Gasteiger partial charge on any atom is -0.508 e. The number of furan rings is 1. The number of phenols is 1. The van der Waals surface area contributed by atoms with Gasteiger partial charge in [-0.3, -0.25) is 0 Å². The van der Waals surface area contributed by atoms with Crippen LogP contribution in [0.15, 0.2) is 40.8 Å². The zero-order chi connectivity index (χ0) is 12.5. The predicted molar refractivity (Wildman–Crippen MR) is 70.7 cm³/mol. The van der Waals surface area contributed by atoms with E-state index in [1.54, 1.807) is 12.1 Å². The van der Waals surface area contributed by atoms with Crippen molar-refractivity contribution in [2.45, 2.75) is 25.8 Å². The monoisotopic (exact) mass is 243 g/mol. The lowest BCUT2D eigenvalue weighted by Gasteiger charge is -2.04. The second-order valence-electron chi connectivity index (χ2n) is 5.03. The second-order valence-corrected chi connectivity index (χ2v) is 5.03. The van der Waals surface area contributed by atoms with E-state index in [-0.39, 0.29) is 5.75 Å². The molecule has 2 aromatic rings. The summed E-state index contributed by atoms with van der Waals surface area (Å²) in [5, 5.41) is 12.6. The van der Waals surface area contributed by atoms with E-state index >= 15 is 0 Å². The van der Waals surface area contributed by atoms with Crippen molar-refractivity contribution in [3.8, 4) is 5.75 Å². The van der Waals surface area contributed by atoms with Gasteiger partial charge >= 0.3 is 0 Å². The summed E-state index contributed by atoms with van der Waals surface area (Å²) in [6.07, 6.45) is 1.24. The van der Waals surface area contributed by atoms with Gasteiger partial charge in [0.15, 0.2) is 0 Å². The molecule has 1 saturated carbocycles. The van der Waals surface area contributed by atoms with E-state index in [0.717, 1.165) is 23.1 Å². The van der Waals surface area contributed by atoms with Gasteiger partial charge in [0.1, 0.15) is 17.3 Å².